The number of hydrogen-bond acceptors (Lipinski definition) is 1. The number of carbonyl (C=O) groups is 1. The molecule has 2 heteroatoms. The molecule has 0 aliphatic rings. The van der Waals surface area contributed by atoms with Crippen molar-refractivity contribution >= 4 is 5.97 Å². The molecule has 0 aliphatic carbocycles. The molecule has 0 saturated carbocycles. The van der Waals surface area contributed by atoms with E-state index in [2.05, 4.69) is 43.3 Å². The van der Waals surface area contributed by atoms with Crippen LogP contribution in [0, 0.1) is 6.92 Å². The van der Waals surface area contributed by atoms with Crippen molar-refractivity contribution in [2.75, 3.05) is 0 Å². The van der Waals surface area contributed by atoms with E-state index in [0.29, 0.717) is 6.42 Å². The Morgan fingerprint density at radius 3 is 1.76 bits per heavy atom. The molecule has 0 fully saturated rings. The monoisotopic (exact) mass is 330 g/mol. The van der Waals surface area contributed by atoms with E-state index in [-0.39, 0.29) is 6.42 Å². The van der Waals surface area contributed by atoms with Gasteiger partial charge in [-0.1, -0.05) is 84.9 Å². The summed E-state index contributed by atoms with van der Waals surface area (Å²) < 4.78 is 0. The highest BCUT2D eigenvalue weighted by atomic mass is 16.4. The molecule has 3 aromatic rings. The van der Waals surface area contributed by atoms with E-state index in [1.165, 1.54) is 5.56 Å². The van der Waals surface area contributed by atoms with Crippen LogP contribution in [-0.2, 0) is 10.2 Å². The topological polar surface area (TPSA) is 37.3 Å². The second kappa shape index (κ2) is 7.35. The van der Waals surface area contributed by atoms with Gasteiger partial charge in [0.15, 0.2) is 0 Å². The third-order valence-electron chi connectivity index (χ3n) is 4.85. The zero-order valence-electron chi connectivity index (χ0n) is 14.4. The molecule has 3 rings (SSSR count). The van der Waals surface area contributed by atoms with Gasteiger partial charge in [0.25, 0.3) is 0 Å². The Balaban J connectivity index is 2.31. The quantitative estimate of drug-likeness (QED) is 0.631. The highest BCUT2D eigenvalue weighted by Crippen LogP contribution is 2.44. The second-order valence-electron chi connectivity index (χ2n) is 6.35. The van der Waals surface area contributed by atoms with Crippen LogP contribution in [0.5, 0.6) is 0 Å². The summed E-state index contributed by atoms with van der Waals surface area (Å²) in [6.07, 6.45) is 0.624. The summed E-state index contributed by atoms with van der Waals surface area (Å²) in [5, 5.41) is 9.39. The molecule has 0 bridgehead atoms. The molecule has 0 spiro atoms. The maximum absolute atomic E-state index is 11.4. The molecule has 1 N–H and O–H groups in total. The van der Waals surface area contributed by atoms with Gasteiger partial charge < -0.3 is 5.11 Å². The van der Waals surface area contributed by atoms with Crippen molar-refractivity contribution in [2.24, 2.45) is 0 Å². The summed E-state index contributed by atoms with van der Waals surface area (Å²) >= 11 is 0. The molecule has 0 aromatic heterocycles. The number of aliphatic carboxylic acids is 1. The molecular weight excluding hydrogens is 308 g/mol. The van der Waals surface area contributed by atoms with Crippen molar-refractivity contribution in [3.05, 3.63) is 107 Å². The van der Waals surface area contributed by atoms with Crippen molar-refractivity contribution in [1.29, 1.82) is 0 Å². The Morgan fingerprint density at radius 2 is 1.28 bits per heavy atom. The predicted molar refractivity (Wildman–Crippen MR) is 101 cm³/mol. The van der Waals surface area contributed by atoms with Crippen LogP contribution >= 0.6 is 0 Å². The molecule has 25 heavy (non-hydrogen) atoms. The fourth-order valence-corrected chi connectivity index (χ4v) is 3.69. The van der Waals surface area contributed by atoms with Crippen molar-refractivity contribution < 1.29 is 9.90 Å². The molecule has 2 nitrogen and oxygen atoms in total. The first-order valence-corrected chi connectivity index (χ1v) is 8.53. The normalized spacial score (nSPS) is 11.2. The summed E-state index contributed by atoms with van der Waals surface area (Å²) in [5.74, 6) is -0.773. The minimum atomic E-state index is -0.773. The Bertz CT molecular complexity index is 799. The Kier molecular flexibility index (Phi) is 4.99. The van der Waals surface area contributed by atoms with E-state index in [1.807, 2.05) is 48.5 Å². The van der Waals surface area contributed by atoms with Crippen LogP contribution in [0.25, 0.3) is 0 Å². The first-order chi connectivity index (χ1) is 12.1. The fraction of sp³-hybridized carbons (Fsp3) is 0.174. The summed E-state index contributed by atoms with van der Waals surface area (Å²) in [6, 6.07) is 28.7. The summed E-state index contributed by atoms with van der Waals surface area (Å²) in [5.41, 5.74) is 4.09. The van der Waals surface area contributed by atoms with Crippen LogP contribution in [-0.4, -0.2) is 11.1 Å². The maximum Gasteiger partial charge on any atom is 0.303 e. The lowest BCUT2D eigenvalue weighted by Gasteiger charge is -2.37. The SMILES string of the molecule is Cc1ccccc1C(CCC(=O)O)(c1ccccc1)c1ccccc1. The van der Waals surface area contributed by atoms with E-state index in [0.717, 1.165) is 16.7 Å². The Hall–Kier alpha value is -2.87. The third-order valence-corrected chi connectivity index (χ3v) is 4.85. The number of carboxylic acids is 1. The molecular formula is C23H22O2. The lowest BCUT2D eigenvalue weighted by atomic mass is 9.65. The zero-order valence-corrected chi connectivity index (χ0v) is 14.4. The second-order valence-corrected chi connectivity index (χ2v) is 6.35. The number of hydrogen-bond donors (Lipinski definition) is 1. The van der Waals surface area contributed by atoms with Crippen LogP contribution in [0.1, 0.15) is 35.1 Å². The van der Waals surface area contributed by atoms with Crippen molar-refractivity contribution in [1.82, 2.24) is 0 Å². The molecule has 0 atom stereocenters. The Morgan fingerprint density at radius 1 is 0.800 bits per heavy atom. The van der Waals surface area contributed by atoms with Crippen molar-refractivity contribution in [2.45, 2.75) is 25.2 Å². The fourth-order valence-electron chi connectivity index (χ4n) is 3.69. The van der Waals surface area contributed by atoms with Crippen LogP contribution in [0.4, 0.5) is 0 Å². The average Bonchev–Trinajstić information content (AvgIpc) is 2.65. The van der Waals surface area contributed by atoms with Gasteiger partial charge in [0, 0.05) is 11.8 Å². The summed E-state index contributed by atoms with van der Waals surface area (Å²) in [4.78, 5) is 11.4. The standard InChI is InChI=1S/C23H22O2/c1-18-10-8-9-15-21(18)23(17-16-22(24)25,19-11-4-2-5-12-19)20-13-6-3-7-14-20/h2-15H,16-17H2,1H3,(H,24,25). The van der Waals surface area contributed by atoms with Crippen LogP contribution in [0.2, 0.25) is 0 Å². The Labute approximate surface area is 148 Å². The van der Waals surface area contributed by atoms with Crippen molar-refractivity contribution in [3.8, 4) is 0 Å². The molecule has 0 unspecified atom stereocenters. The molecule has 0 aliphatic heterocycles. The van der Waals surface area contributed by atoms with E-state index < -0.39 is 11.4 Å². The molecule has 0 amide bonds. The van der Waals surface area contributed by atoms with Gasteiger partial charge in [-0.05, 0) is 35.6 Å². The van der Waals surface area contributed by atoms with E-state index in [1.54, 1.807) is 0 Å². The molecule has 0 heterocycles. The van der Waals surface area contributed by atoms with Crippen molar-refractivity contribution in [3.63, 3.8) is 0 Å². The minimum absolute atomic E-state index is 0.109. The predicted octanol–water partition coefficient (Wildman–Crippen LogP) is 5.19. The lowest BCUT2D eigenvalue weighted by molar-refractivity contribution is -0.137. The molecule has 0 radical (unpaired) electrons. The maximum atomic E-state index is 11.4. The number of carboxylic acid groups (broad SMARTS) is 1. The number of aryl methyl sites for hydroxylation is 1. The summed E-state index contributed by atoms with van der Waals surface area (Å²) in [6.45, 7) is 2.09. The molecule has 3 aromatic carbocycles. The minimum Gasteiger partial charge on any atom is -0.481 e. The van der Waals surface area contributed by atoms with Crippen LogP contribution < -0.4 is 0 Å². The van der Waals surface area contributed by atoms with Gasteiger partial charge in [0.2, 0.25) is 0 Å². The highest BCUT2D eigenvalue weighted by molar-refractivity contribution is 5.68. The van der Waals surface area contributed by atoms with Gasteiger partial charge >= 0.3 is 5.97 Å². The zero-order chi connectivity index (χ0) is 17.7. The van der Waals surface area contributed by atoms with E-state index in [9.17, 15) is 9.90 Å². The number of benzene rings is 3. The van der Waals surface area contributed by atoms with Gasteiger partial charge in [-0.25, -0.2) is 0 Å². The summed E-state index contributed by atoms with van der Waals surface area (Å²) in [7, 11) is 0. The molecule has 126 valence electrons. The lowest BCUT2D eigenvalue weighted by Crippen LogP contribution is -2.31. The molecule has 0 saturated heterocycles. The van der Waals surface area contributed by atoms with Crippen LogP contribution in [0.15, 0.2) is 84.9 Å². The van der Waals surface area contributed by atoms with E-state index >= 15 is 0 Å². The smallest absolute Gasteiger partial charge is 0.303 e. The van der Waals surface area contributed by atoms with Gasteiger partial charge in [0.1, 0.15) is 0 Å². The first kappa shape index (κ1) is 17.0. The van der Waals surface area contributed by atoms with Gasteiger partial charge in [0.05, 0.1) is 0 Å². The van der Waals surface area contributed by atoms with Gasteiger partial charge in [-0.2, -0.15) is 0 Å². The largest absolute Gasteiger partial charge is 0.481 e. The average molecular weight is 330 g/mol. The third kappa shape index (κ3) is 3.34. The number of rotatable bonds is 6. The first-order valence-electron chi connectivity index (χ1n) is 8.53. The van der Waals surface area contributed by atoms with Gasteiger partial charge in [-0.3, -0.25) is 4.79 Å². The van der Waals surface area contributed by atoms with Gasteiger partial charge in [-0.15, -0.1) is 0 Å². The van der Waals surface area contributed by atoms with Crippen LogP contribution in [0.3, 0.4) is 0 Å². The highest BCUT2D eigenvalue weighted by Gasteiger charge is 2.37. The van der Waals surface area contributed by atoms with E-state index in [4.69, 9.17) is 0 Å².